The maximum Gasteiger partial charge on any atom is 0.442 e. The lowest BCUT2D eigenvalue weighted by Gasteiger charge is -2.20. The molecule has 22 heavy (non-hydrogen) atoms. The van der Waals surface area contributed by atoms with Gasteiger partial charge in [-0.15, -0.1) is 0 Å². The number of nitrogens with zero attached hydrogens (tertiary/aromatic N) is 3. The Bertz CT molecular complexity index is 682. The van der Waals surface area contributed by atoms with Crippen molar-refractivity contribution in [1.29, 1.82) is 0 Å². The molecule has 6 nitrogen and oxygen atoms in total. The van der Waals surface area contributed by atoms with Crippen molar-refractivity contribution in [3.8, 4) is 11.4 Å². The standard InChI is InChI=1S/C16H19N3O3/c20-14(18-10-6-1-2-7-11-18)12-19-15(17-22-16(19)21)13-8-4-3-5-9-13/h3-5,8-9H,1-2,6-7,10-12H2. The molecule has 0 atom stereocenters. The van der Waals surface area contributed by atoms with Crippen LogP contribution in [-0.4, -0.2) is 33.6 Å². The molecule has 3 rings (SSSR count). The van der Waals surface area contributed by atoms with E-state index in [0.717, 1.165) is 44.3 Å². The third kappa shape index (κ3) is 3.10. The van der Waals surface area contributed by atoms with Crippen LogP contribution in [0.5, 0.6) is 0 Å². The lowest BCUT2D eigenvalue weighted by Crippen LogP contribution is -2.36. The van der Waals surface area contributed by atoms with Crippen LogP contribution in [0.1, 0.15) is 25.7 Å². The van der Waals surface area contributed by atoms with E-state index < -0.39 is 5.76 Å². The van der Waals surface area contributed by atoms with Crippen molar-refractivity contribution in [2.24, 2.45) is 0 Å². The first-order valence-electron chi connectivity index (χ1n) is 7.65. The topological polar surface area (TPSA) is 68.3 Å². The fourth-order valence-electron chi connectivity index (χ4n) is 2.76. The molecule has 0 N–H and O–H groups in total. The van der Waals surface area contributed by atoms with Crippen LogP contribution >= 0.6 is 0 Å². The van der Waals surface area contributed by atoms with Crippen molar-refractivity contribution >= 4 is 5.91 Å². The average Bonchev–Trinajstić information content (AvgIpc) is 2.77. The summed E-state index contributed by atoms with van der Waals surface area (Å²) >= 11 is 0. The van der Waals surface area contributed by atoms with E-state index in [1.54, 1.807) is 0 Å². The molecule has 1 amide bonds. The summed E-state index contributed by atoms with van der Waals surface area (Å²) in [6.45, 7) is 1.51. The highest BCUT2D eigenvalue weighted by molar-refractivity contribution is 5.76. The minimum absolute atomic E-state index is 0.0213. The van der Waals surface area contributed by atoms with Crippen LogP contribution in [0.3, 0.4) is 0 Å². The SMILES string of the molecule is O=C(Cn1c(-c2ccccc2)noc1=O)N1CCCCCC1. The number of hydrogen-bond acceptors (Lipinski definition) is 4. The number of amides is 1. The number of rotatable bonds is 3. The fraction of sp³-hybridized carbons (Fsp3) is 0.438. The zero-order chi connectivity index (χ0) is 15.4. The first-order chi connectivity index (χ1) is 10.8. The zero-order valence-electron chi connectivity index (χ0n) is 12.4. The first-order valence-corrected chi connectivity index (χ1v) is 7.65. The molecule has 0 unspecified atom stereocenters. The van der Waals surface area contributed by atoms with Crippen LogP contribution in [0.15, 0.2) is 39.6 Å². The first kappa shape index (κ1) is 14.6. The van der Waals surface area contributed by atoms with Crippen LogP contribution in [0.4, 0.5) is 0 Å². The predicted molar refractivity (Wildman–Crippen MR) is 81.2 cm³/mol. The summed E-state index contributed by atoms with van der Waals surface area (Å²) in [5.41, 5.74) is 0.761. The molecule has 0 bridgehead atoms. The summed E-state index contributed by atoms with van der Waals surface area (Å²) < 4.78 is 6.06. The normalized spacial score (nSPS) is 15.5. The van der Waals surface area contributed by atoms with Crippen LogP contribution in [-0.2, 0) is 11.3 Å². The second-order valence-electron chi connectivity index (χ2n) is 5.52. The Balaban J connectivity index is 1.82. The molecule has 1 aromatic carbocycles. The van der Waals surface area contributed by atoms with Gasteiger partial charge in [0.25, 0.3) is 0 Å². The van der Waals surface area contributed by atoms with Crippen molar-refractivity contribution in [2.75, 3.05) is 13.1 Å². The van der Waals surface area contributed by atoms with Gasteiger partial charge in [-0.3, -0.25) is 9.32 Å². The third-order valence-electron chi connectivity index (χ3n) is 3.97. The summed E-state index contributed by atoms with van der Waals surface area (Å²) in [5.74, 6) is -0.250. The Kier molecular flexibility index (Phi) is 4.37. The van der Waals surface area contributed by atoms with E-state index in [1.165, 1.54) is 4.57 Å². The van der Waals surface area contributed by atoms with E-state index >= 15 is 0 Å². The van der Waals surface area contributed by atoms with Gasteiger partial charge in [-0.05, 0) is 12.8 Å². The molecule has 0 aliphatic carbocycles. The molecule has 1 aliphatic rings. The zero-order valence-corrected chi connectivity index (χ0v) is 12.4. The summed E-state index contributed by atoms with van der Waals surface area (Å²) in [5, 5.41) is 3.81. The van der Waals surface area contributed by atoms with Gasteiger partial charge in [0.1, 0.15) is 6.54 Å². The second-order valence-corrected chi connectivity index (χ2v) is 5.52. The summed E-state index contributed by atoms with van der Waals surface area (Å²) in [7, 11) is 0. The van der Waals surface area contributed by atoms with Gasteiger partial charge in [0.2, 0.25) is 5.91 Å². The van der Waals surface area contributed by atoms with Gasteiger partial charge in [-0.2, -0.15) is 0 Å². The maximum atomic E-state index is 12.5. The van der Waals surface area contributed by atoms with Gasteiger partial charge in [-0.25, -0.2) is 9.36 Å². The number of hydrogen-bond donors (Lipinski definition) is 0. The fourth-order valence-corrected chi connectivity index (χ4v) is 2.76. The second kappa shape index (κ2) is 6.60. The van der Waals surface area contributed by atoms with E-state index in [9.17, 15) is 9.59 Å². The Morgan fingerprint density at radius 2 is 1.77 bits per heavy atom. The van der Waals surface area contributed by atoms with E-state index in [2.05, 4.69) is 5.16 Å². The van der Waals surface area contributed by atoms with Gasteiger partial charge in [0, 0.05) is 18.7 Å². The Hall–Kier alpha value is -2.37. The molecule has 1 saturated heterocycles. The lowest BCUT2D eigenvalue weighted by molar-refractivity contribution is -0.131. The van der Waals surface area contributed by atoms with Gasteiger partial charge in [0.05, 0.1) is 0 Å². The van der Waals surface area contributed by atoms with E-state index in [4.69, 9.17) is 4.52 Å². The van der Waals surface area contributed by atoms with E-state index in [1.807, 2.05) is 35.2 Å². The Morgan fingerprint density at radius 1 is 1.09 bits per heavy atom. The van der Waals surface area contributed by atoms with Crippen LogP contribution < -0.4 is 5.76 Å². The van der Waals surface area contributed by atoms with Crippen LogP contribution in [0.2, 0.25) is 0 Å². The molecule has 1 aromatic heterocycles. The molecule has 1 fully saturated rings. The highest BCUT2D eigenvalue weighted by Gasteiger charge is 2.20. The number of carbonyl (C=O) groups is 1. The largest absolute Gasteiger partial charge is 0.442 e. The molecule has 6 heteroatoms. The van der Waals surface area contributed by atoms with Gasteiger partial charge in [-0.1, -0.05) is 48.3 Å². The van der Waals surface area contributed by atoms with Crippen LogP contribution in [0.25, 0.3) is 11.4 Å². The van der Waals surface area contributed by atoms with Crippen molar-refractivity contribution in [3.63, 3.8) is 0 Å². The maximum absolute atomic E-state index is 12.5. The number of benzene rings is 1. The lowest BCUT2D eigenvalue weighted by atomic mass is 10.2. The van der Waals surface area contributed by atoms with Gasteiger partial charge < -0.3 is 4.90 Å². The molecule has 116 valence electrons. The van der Waals surface area contributed by atoms with Gasteiger partial charge >= 0.3 is 5.76 Å². The molecule has 0 radical (unpaired) electrons. The van der Waals surface area contributed by atoms with Crippen molar-refractivity contribution in [1.82, 2.24) is 14.6 Å². The van der Waals surface area contributed by atoms with Crippen molar-refractivity contribution in [2.45, 2.75) is 32.2 Å². The number of likely N-dealkylation sites (tertiary alicyclic amines) is 1. The molecule has 0 saturated carbocycles. The third-order valence-corrected chi connectivity index (χ3v) is 3.97. The summed E-state index contributed by atoms with van der Waals surface area (Å²) in [6, 6.07) is 9.27. The molecule has 2 heterocycles. The minimum atomic E-state index is -0.595. The Labute approximate surface area is 128 Å². The minimum Gasteiger partial charge on any atom is -0.341 e. The van der Waals surface area contributed by atoms with Gasteiger partial charge in [0.15, 0.2) is 5.82 Å². The highest BCUT2D eigenvalue weighted by atomic mass is 16.5. The summed E-state index contributed by atoms with van der Waals surface area (Å²) in [6.07, 6.45) is 4.37. The quantitative estimate of drug-likeness (QED) is 0.868. The average molecular weight is 301 g/mol. The van der Waals surface area contributed by atoms with Crippen molar-refractivity contribution < 1.29 is 9.32 Å². The van der Waals surface area contributed by atoms with E-state index in [0.29, 0.717) is 5.82 Å². The summed E-state index contributed by atoms with van der Waals surface area (Å²) in [4.78, 5) is 26.1. The number of aromatic nitrogens is 2. The molecule has 0 spiro atoms. The smallest absolute Gasteiger partial charge is 0.341 e. The highest BCUT2D eigenvalue weighted by Crippen LogP contribution is 2.16. The molecule has 1 aliphatic heterocycles. The molecule has 2 aromatic rings. The van der Waals surface area contributed by atoms with E-state index in [-0.39, 0.29) is 12.5 Å². The van der Waals surface area contributed by atoms with Crippen LogP contribution in [0, 0.1) is 0 Å². The molecular weight excluding hydrogens is 282 g/mol. The monoisotopic (exact) mass is 301 g/mol. The molecular formula is C16H19N3O3. The predicted octanol–water partition coefficient (Wildman–Crippen LogP) is 1.91. The Morgan fingerprint density at radius 3 is 2.45 bits per heavy atom. The van der Waals surface area contributed by atoms with Crippen molar-refractivity contribution in [3.05, 3.63) is 40.9 Å². The number of carbonyl (C=O) groups excluding carboxylic acids is 1.